The minimum absolute atomic E-state index is 0.283. The molecule has 0 aliphatic carbocycles. The zero-order valence-corrected chi connectivity index (χ0v) is 16.4. The van der Waals surface area contributed by atoms with Crippen molar-refractivity contribution in [1.82, 2.24) is 19.9 Å². The van der Waals surface area contributed by atoms with E-state index in [-0.39, 0.29) is 5.91 Å². The first-order valence-electron chi connectivity index (χ1n) is 8.84. The predicted molar refractivity (Wildman–Crippen MR) is 111 cm³/mol. The van der Waals surface area contributed by atoms with Crippen LogP contribution in [0.5, 0.6) is 0 Å². The van der Waals surface area contributed by atoms with Gasteiger partial charge in [-0.15, -0.1) is 11.3 Å². The predicted octanol–water partition coefficient (Wildman–Crippen LogP) is 3.14. The Morgan fingerprint density at radius 2 is 2.14 bits per heavy atom. The number of benzene rings is 1. The SMILES string of the molecule is Cn1c(C(=O)NCc2ccccc2C=N)c(C=N)c2sc(Cc3cocn3)nc21. The van der Waals surface area contributed by atoms with Crippen LogP contribution in [0.15, 0.2) is 41.3 Å². The van der Waals surface area contributed by atoms with E-state index in [0.29, 0.717) is 29.9 Å². The Balaban J connectivity index is 1.61. The molecule has 0 saturated carbocycles. The topological polar surface area (TPSA) is 121 Å². The third-order valence-electron chi connectivity index (χ3n) is 4.63. The van der Waals surface area contributed by atoms with Gasteiger partial charge in [0.2, 0.25) is 0 Å². The summed E-state index contributed by atoms with van der Waals surface area (Å²) in [5, 5.41) is 19.1. The number of carbonyl (C=O) groups excluding carboxylic acids is 1. The second-order valence-corrected chi connectivity index (χ2v) is 7.49. The van der Waals surface area contributed by atoms with E-state index in [1.165, 1.54) is 30.2 Å². The van der Waals surface area contributed by atoms with E-state index in [9.17, 15) is 4.79 Å². The second-order valence-electron chi connectivity index (χ2n) is 6.41. The van der Waals surface area contributed by atoms with Gasteiger partial charge in [-0.05, 0) is 11.1 Å². The van der Waals surface area contributed by atoms with Gasteiger partial charge in [-0.3, -0.25) is 4.79 Å². The molecular weight excluding hydrogens is 388 g/mol. The number of hydrogen-bond acceptors (Lipinski definition) is 7. The highest BCUT2D eigenvalue weighted by molar-refractivity contribution is 7.19. The number of rotatable bonds is 7. The van der Waals surface area contributed by atoms with E-state index in [2.05, 4.69) is 15.3 Å². The van der Waals surface area contributed by atoms with E-state index in [4.69, 9.17) is 15.2 Å². The molecule has 3 N–H and O–H groups in total. The van der Waals surface area contributed by atoms with Crippen molar-refractivity contribution in [2.75, 3.05) is 0 Å². The molecule has 3 aromatic heterocycles. The van der Waals surface area contributed by atoms with Gasteiger partial charge < -0.3 is 25.1 Å². The van der Waals surface area contributed by atoms with E-state index in [0.717, 1.165) is 26.5 Å². The van der Waals surface area contributed by atoms with Crippen molar-refractivity contribution < 1.29 is 9.21 Å². The Bertz CT molecular complexity index is 1210. The molecule has 0 aliphatic rings. The standard InChI is InChI=1S/C20H18N6O2S/c1-26-17(20(27)23-9-13-5-3-2-4-12(13)7-21)15(8-22)18-19(26)25-16(29-18)6-14-10-28-11-24-14/h2-5,7-8,10-11,21-22H,6,9H2,1H3,(H,23,27). The van der Waals surface area contributed by atoms with Gasteiger partial charge in [-0.2, -0.15) is 0 Å². The van der Waals surface area contributed by atoms with Crippen molar-refractivity contribution in [1.29, 1.82) is 10.8 Å². The van der Waals surface area contributed by atoms with Crippen LogP contribution in [-0.4, -0.2) is 32.9 Å². The molecule has 3 heterocycles. The molecule has 29 heavy (non-hydrogen) atoms. The summed E-state index contributed by atoms with van der Waals surface area (Å²) in [6.45, 7) is 0.297. The summed E-state index contributed by atoms with van der Waals surface area (Å²) in [7, 11) is 1.77. The summed E-state index contributed by atoms with van der Waals surface area (Å²) in [5.74, 6) is -0.283. The second kappa shape index (κ2) is 7.80. The van der Waals surface area contributed by atoms with Gasteiger partial charge in [0, 0.05) is 38.0 Å². The first-order chi connectivity index (χ1) is 14.1. The zero-order chi connectivity index (χ0) is 20.4. The average Bonchev–Trinajstić information content (AvgIpc) is 3.44. The van der Waals surface area contributed by atoms with Crippen LogP contribution >= 0.6 is 11.3 Å². The summed E-state index contributed by atoms with van der Waals surface area (Å²) in [5.41, 5.74) is 4.00. The number of amides is 1. The van der Waals surface area contributed by atoms with Gasteiger partial charge in [0.15, 0.2) is 12.0 Å². The molecule has 0 unspecified atom stereocenters. The van der Waals surface area contributed by atoms with Crippen LogP contribution in [0.2, 0.25) is 0 Å². The molecule has 1 aromatic carbocycles. The lowest BCUT2D eigenvalue weighted by molar-refractivity contribution is 0.0943. The van der Waals surface area contributed by atoms with Gasteiger partial charge in [-0.1, -0.05) is 24.3 Å². The highest BCUT2D eigenvalue weighted by Crippen LogP contribution is 2.30. The molecule has 0 radical (unpaired) electrons. The fourth-order valence-corrected chi connectivity index (χ4v) is 4.34. The highest BCUT2D eigenvalue weighted by Gasteiger charge is 2.23. The molecule has 0 spiro atoms. The van der Waals surface area contributed by atoms with Crippen LogP contribution in [0, 0.1) is 10.8 Å². The Kier molecular flexibility index (Phi) is 5.05. The maximum atomic E-state index is 12.9. The lowest BCUT2D eigenvalue weighted by Gasteiger charge is -2.09. The van der Waals surface area contributed by atoms with E-state index in [1.807, 2.05) is 24.3 Å². The number of nitrogens with one attached hydrogen (secondary N) is 3. The molecule has 8 nitrogen and oxygen atoms in total. The maximum Gasteiger partial charge on any atom is 0.268 e. The Morgan fingerprint density at radius 3 is 2.86 bits per heavy atom. The zero-order valence-electron chi connectivity index (χ0n) is 15.6. The van der Waals surface area contributed by atoms with Crippen LogP contribution in [0.4, 0.5) is 0 Å². The first kappa shape index (κ1) is 18.8. The number of hydrogen-bond donors (Lipinski definition) is 3. The average molecular weight is 406 g/mol. The summed E-state index contributed by atoms with van der Waals surface area (Å²) in [6, 6.07) is 7.43. The van der Waals surface area contributed by atoms with Gasteiger partial charge >= 0.3 is 0 Å². The van der Waals surface area contributed by atoms with Gasteiger partial charge in [0.25, 0.3) is 5.91 Å². The van der Waals surface area contributed by atoms with Crippen LogP contribution in [-0.2, 0) is 20.0 Å². The number of nitrogens with zero attached hydrogens (tertiary/aromatic N) is 3. The van der Waals surface area contributed by atoms with Crippen molar-refractivity contribution in [2.45, 2.75) is 13.0 Å². The summed E-state index contributed by atoms with van der Waals surface area (Å²) in [4.78, 5) is 21.6. The summed E-state index contributed by atoms with van der Waals surface area (Å²) >= 11 is 1.45. The summed E-state index contributed by atoms with van der Waals surface area (Å²) < 4.78 is 7.51. The fourth-order valence-electron chi connectivity index (χ4n) is 3.21. The van der Waals surface area contributed by atoms with E-state index < -0.39 is 0 Å². The Morgan fingerprint density at radius 1 is 1.31 bits per heavy atom. The normalized spacial score (nSPS) is 10.9. The van der Waals surface area contributed by atoms with Gasteiger partial charge in [-0.25, -0.2) is 9.97 Å². The van der Waals surface area contributed by atoms with E-state index in [1.54, 1.807) is 17.9 Å². The monoisotopic (exact) mass is 406 g/mol. The minimum Gasteiger partial charge on any atom is -0.451 e. The minimum atomic E-state index is -0.283. The molecule has 9 heteroatoms. The molecule has 0 saturated heterocycles. The first-order valence-corrected chi connectivity index (χ1v) is 9.66. The lowest BCUT2D eigenvalue weighted by atomic mass is 10.1. The number of fused-ring (bicyclic) bond motifs is 1. The van der Waals surface area contributed by atoms with Crippen molar-refractivity contribution >= 4 is 40.0 Å². The fraction of sp³-hybridized carbons (Fsp3) is 0.150. The number of carbonyl (C=O) groups is 1. The molecule has 0 atom stereocenters. The Labute approximate surface area is 170 Å². The quantitative estimate of drug-likeness (QED) is 0.408. The summed E-state index contributed by atoms with van der Waals surface area (Å²) in [6.07, 6.45) is 5.96. The smallest absolute Gasteiger partial charge is 0.268 e. The Hall–Kier alpha value is -3.59. The molecule has 4 rings (SSSR count). The maximum absolute atomic E-state index is 12.9. The third kappa shape index (κ3) is 3.47. The number of oxazole rings is 1. The van der Waals surface area contributed by atoms with Gasteiger partial charge in [0.05, 0.1) is 10.4 Å². The third-order valence-corrected chi connectivity index (χ3v) is 5.71. The van der Waals surface area contributed by atoms with Crippen molar-refractivity contribution in [3.8, 4) is 0 Å². The largest absolute Gasteiger partial charge is 0.451 e. The lowest BCUT2D eigenvalue weighted by Crippen LogP contribution is -2.26. The van der Waals surface area contributed by atoms with Crippen LogP contribution in [0.1, 0.15) is 37.9 Å². The molecule has 0 aliphatic heterocycles. The van der Waals surface area contributed by atoms with Crippen LogP contribution in [0.3, 0.4) is 0 Å². The van der Waals surface area contributed by atoms with Crippen molar-refractivity contribution in [3.05, 3.63) is 70.0 Å². The van der Waals surface area contributed by atoms with Gasteiger partial charge in [0.1, 0.15) is 17.0 Å². The molecule has 0 fully saturated rings. The number of aromatic nitrogens is 3. The van der Waals surface area contributed by atoms with Crippen LogP contribution in [0.25, 0.3) is 10.3 Å². The highest BCUT2D eigenvalue weighted by atomic mass is 32.1. The molecule has 4 aromatic rings. The molecular formula is C20H18N6O2S. The van der Waals surface area contributed by atoms with E-state index >= 15 is 0 Å². The van der Waals surface area contributed by atoms with Crippen LogP contribution < -0.4 is 5.32 Å². The van der Waals surface area contributed by atoms with Crippen molar-refractivity contribution in [3.63, 3.8) is 0 Å². The number of thiazole rings is 1. The van der Waals surface area contributed by atoms with Crippen molar-refractivity contribution in [2.24, 2.45) is 7.05 Å². The number of aryl methyl sites for hydroxylation is 1. The molecule has 0 bridgehead atoms. The molecule has 1 amide bonds. The molecule has 146 valence electrons.